The van der Waals surface area contributed by atoms with Crippen LogP contribution in [0.2, 0.25) is 0 Å². The first-order valence-electron chi connectivity index (χ1n) is 6.14. The van der Waals surface area contributed by atoms with Crippen LogP contribution >= 0.6 is 39.0 Å². The Kier molecular flexibility index (Phi) is 4.10. The average Bonchev–Trinajstić information content (AvgIpc) is 2.96. The van der Waals surface area contributed by atoms with Crippen molar-refractivity contribution in [3.05, 3.63) is 33.7 Å². The van der Waals surface area contributed by atoms with Crippen molar-refractivity contribution in [3.8, 4) is 0 Å². The minimum absolute atomic E-state index is 0.180. The van der Waals surface area contributed by atoms with Crippen molar-refractivity contribution in [1.82, 2.24) is 10.2 Å². The minimum atomic E-state index is -0.423. The predicted octanol–water partition coefficient (Wildman–Crippen LogP) is 3.03. The maximum absolute atomic E-state index is 12.4. The smallest absolute Gasteiger partial charge is 0.247 e. The normalized spacial score (nSPS) is 18.6. The van der Waals surface area contributed by atoms with E-state index in [1.807, 2.05) is 19.1 Å². The van der Waals surface area contributed by atoms with Gasteiger partial charge in [-0.3, -0.25) is 9.59 Å². The molecule has 0 N–H and O–H groups in total. The van der Waals surface area contributed by atoms with Crippen molar-refractivity contribution in [1.29, 1.82) is 0 Å². The zero-order valence-electron chi connectivity index (χ0n) is 10.9. The van der Waals surface area contributed by atoms with Gasteiger partial charge in [0.1, 0.15) is 10.3 Å². The number of halogens is 1. The van der Waals surface area contributed by atoms with Gasteiger partial charge >= 0.3 is 0 Å². The summed E-state index contributed by atoms with van der Waals surface area (Å²) in [6.45, 7) is 1.86. The summed E-state index contributed by atoms with van der Waals surface area (Å²) in [5.74, 6) is -0.374. The molecule has 1 atom stereocenters. The summed E-state index contributed by atoms with van der Waals surface area (Å²) in [7, 11) is 0. The fraction of sp³-hybridized carbons (Fsp3) is 0.231. The molecule has 1 aromatic heterocycles. The summed E-state index contributed by atoms with van der Waals surface area (Å²) in [5, 5.41) is 8.34. The predicted molar refractivity (Wildman–Crippen MR) is 85.5 cm³/mol. The molecular formula is C13H10BrN3O2S2. The monoisotopic (exact) mass is 383 g/mol. The lowest BCUT2D eigenvalue weighted by Gasteiger charge is -2.14. The van der Waals surface area contributed by atoms with Gasteiger partial charge in [-0.25, -0.2) is 4.90 Å². The SMILES string of the molecule is Cc1nnc(S[C@H]2CC(=O)N(c3ccc(Br)cc3)C2=O)s1. The second kappa shape index (κ2) is 5.86. The van der Waals surface area contributed by atoms with Crippen LogP contribution in [-0.4, -0.2) is 27.3 Å². The van der Waals surface area contributed by atoms with E-state index in [1.165, 1.54) is 28.0 Å². The number of hydrogen-bond donors (Lipinski definition) is 0. The number of rotatable bonds is 3. The van der Waals surface area contributed by atoms with Gasteiger partial charge in [0.05, 0.1) is 5.69 Å². The van der Waals surface area contributed by atoms with E-state index in [1.54, 1.807) is 12.1 Å². The molecule has 3 rings (SSSR count). The van der Waals surface area contributed by atoms with Crippen LogP contribution in [0, 0.1) is 6.92 Å². The highest BCUT2D eigenvalue weighted by atomic mass is 79.9. The zero-order chi connectivity index (χ0) is 15.0. The summed E-state index contributed by atoms with van der Waals surface area (Å²) in [5.41, 5.74) is 0.602. The third kappa shape index (κ3) is 3.02. The molecular weight excluding hydrogens is 374 g/mol. The van der Waals surface area contributed by atoms with E-state index in [0.29, 0.717) is 5.69 Å². The second-order valence-electron chi connectivity index (χ2n) is 4.44. The summed E-state index contributed by atoms with van der Waals surface area (Å²) >= 11 is 6.07. The van der Waals surface area contributed by atoms with Crippen LogP contribution in [0.25, 0.3) is 0 Å². The molecule has 1 aromatic carbocycles. The van der Waals surface area contributed by atoms with E-state index in [9.17, 15) is 9.59 Å². The number of thioether (sulfide) groups is 1. The molecule has 5 nitrogen and oxygen atoms in total. The first-order valence-corrected chi connectivity index (χ1v) is 8.62. The molecule has 0 saturated carbocycles. The van der Waals surface area contributed by atoms with Gasteiger partial charge in [0, 0.05) is 10.9 Å². The maximum atomic E-state index is 12.4. The van der Waals surface area contributed by atoms with Crippen molar-refractivity contribution in [2.75, 3.05) is 4.90 Å². The molecule has 1 aliphatic rings. The van der Waals surface area contributed by atoms with Crippen molar-refractivity contribution in [2.24, 2.45) is 0 Å². The second-order valence-corrected chi connectivity index (χ2v) is 7.99. The van der Waals surface area contributed by atoms with Crippen LogP contribution in [0.5, 0.6) is 0 Å². The average molecular weight is 384 g/mol. The quantitative estimate of drug-likeness (QED) is 0.762. The lowest BCUT2D eigenvalue weighted by molar-refractivity contribution is -0.121. The lowest BCUT2D eigenvalue weighted by atomic mass is 10.3. The van der Waals surface area contributed by atoms with Crippen molar-refractivity contribution in [2.45, 2.75) is 22.9 Å². The number of carbonyl (C=O) groups excluding carboxylic acids is 2. The van der Waals surface area contributed by atoms with Crippen molar-refractivity contribution in [3.63, 3.8) is 0 Å². The molecule has 2 amide bonds. The Balaban J connectivity index is 1.80. The van der Waals surface area contributed by atoms with Crippen molar-refractivity contribution >= 4 is 56.5 Å². The standard InChI is InChI=1S/C13H10BrN3O2S2/c1-7-15-16-13(20-7)21-10-6-11(18)17(12(10)19)9-4-2-8(14)3-5-9/h2-5,10H,6H2,1H3/t10-/m0/s1. The largest absolute Gasteiger partial charge is 0.274 e. The van der Waals surface area contributed by atoms with Crippen LogP contribution in [0.3, 0.4) is 0 Å². The number of amides is 2. The number of benzene rings is 1. The number of anilines is 1. The lowest BCUT2D eigenvalue weighted by Crippen LogP contribution is -2.31. The summed E-state index contributed by atoms with van der Waals surface area (Å²) in [6, 6.07) is 7.12. The minimum Gasteiger partial charge on any atom is -0.274 e. The topological polar surface area (TPSA) is 63.2 Å². The van der Waals surface area contributed by atoms with Crippen LogP contribution < -0.4 is 4.90 Å². The summed E-state index contributed by atoms with van der Waals surface area (Å²) < 4.78 is 1.62. The Bertz CT molecular complexity index is 702. The van der Waals surface area contributed by atoms with E-state index in [2.05, 4.69) is 26.1 Å². The first-order chi connectivity index (χ1) is 10.0. The Morgan fingerprint density at radius 3 is 2.62 bits per heavy atom. The van der Waals surface area contributed by atoms with Crippen LogP contribution in [0.4, 0.5) is 5.69 Å². The zero-order valence-corrected chi connectivity index (χ0v) is 14.2. The highest BCUT2D eigenvalue weighted by Gasteiger charge is 2.40. The summed E-state index contributed by atoms with van der Waals surface area (Å²) in [4.78, 5) is 25.8. The molecule has 8 heteroatoms. The van der Waals surface area contributed by atoms with E-state index < -0.39 is 5.25 Å². The van der Waals surface area contributed by atoms with E-state index in [-0.39, 0.29) is 18.2 Å². The highest BCUT2D eigenvalue weighted by Crippen LogP contribution is 2.35. The Hall–Kier alpha value is -1.25. The number of hydrogen-bond acceptors (Lipinski definition) is 6. The molecule has 1 aliphatic heterocycles. The number of aromatic nitrogens is 2. The molecule has 1 saturated heterocycles. The summed E-state index contributed by atoms with van der Waals surface area (Å²) in [6.07, 6.45) is 0.193. The molecule has 0 radical (unpaired) electrons. The van der Waals surface area contributed by atoms with Gasteiger partial charge in [-0.1, -0.05) is 39.0 Å². The fourth-order valence-electron chi connectivity index (χ4n) is 2.01. The number of nitrogens with zero attached hydrogens (tertiary/aromatic N) is 3. The third-order valence-corrected chi connectivity index (χ3v) is 5.58. The molecule has 2 aromatic rings. The van der Waals surface area contributed by atoms with Gasteiger partial charge in [0.15, 0.2) is 4.34 Å². The number of aryl methyl sites for hydroxylation is 1. The number of carbonyl (C=O) groups is 2. The molecule has 1 fully saturated rings. The Morgan fingerprint density at radius 2 is 2.00 bits per heavy atom. The van der Waals surface area contributed by atoms with Crippen LogP contribution in [0.15, 0.2) is 33.1 Å². The molecule has 108 valence electrons. The van der Waals surface area contributed by atoms with Crippen LogP contribution in [0.1, 0.15) is 11.4 Å². The fourth-order valence-corrected chi connectivity index (χ4v) is 4.35. The third-order valence-electron chi connectivity index (χ3n) is 2.94. The van der Waals surface area contributed by atoms with Crippen molar-refractivity contribution < 1.29 is 9.59 Å². The van der Waals surface area contributed by atoms with Gasteiger partial charge in [0.25, 0.3) is 0 Å². The molecule has 21 heavy (non-hydrogen) atoms. The van der Waals surface area contributed by atoms with E-state index in [4.69, 9.17) is 0 Å². The first kappa shape index (κ1) is 14.7. The Labute approximate surface area is 137 Å². The van der Waals surface area contributed by atoms with Gasteiger partial charge < -0.3 is 0 Å². The van der Waals surface area contributed by atoms with E-state index >= 15 is 0 Å². The van der Waals surface area contributed by atoms with Gasteiger partial charge in [-0.15, -0.1) is 10.2 Å². The molecule has 0 spiro atoms. The number of imide groups is 1. The van der Waals surface area contributed by atoms with Gasteiger partial charge in [-0.2, -0.15) is 0 Å². The molecule has 0 unspecified atom stereocenters. The van der Waals surface area contributed by atoms with Gasteiger partial charge in [-0.05, 0) is 31.2 Å². The van der Waals surface area contributed by atoms with E-state index in [0.717, 1.165) is 13.8 Å². The molecule has 2 heterocycles. The highest BCUT2D eigenvalue weighted by molar-refractivity contribution is 9.10. The Morgan fingerprint density at radius 1 is 1.29 bits per heavy atom. The van der Waals surface area contributed by atoms with Crippen LogP contribution in [-0.2, 0) is 9.59 Å². The molecule has 0 bridgehead atoms. The maximum Gasteiger partial charge on any atom is 0.247 e. The molecule has 0 aliphatic carbocycles. The van der Waals surface area contributed by atoms with Gasteiger partial charge in [0.2, 0.25) is 11.8 Å².